The molecule has 21 heavy (non-hydrogen) atoms. The van der Waals surface area contributed by atoms with E-state index in [1.807, 2.05) is 13.0 Å². The molecule has 0 aliphatic rings. The van der Waals surface area contributed by atoms with Gasteiger partial charge in [0.1, 0.15) is 24.2 Å². The number of rotatable bonds is 4. The molecule has 0 spiro atoms. The Morgan fingerprint density at radius 3 is 2.76 bits per heavy atom. The zero-order valence-corrected chi connectivity index (χ0v) is 12.2. The molecule has 2 rings (SSSR count). The third kappa shape index (κ3) is 3.52. The monoisotopic (exact) mass is 304 g/mol. The fourth-order valence-corrected chi connectivity index (χ4v) is 2.09. The summed E-state index contributed by atoms with van der Waals surface area (Å²) in [6.07, 6.45) is 0. The Balaban J connectivity index is 2.16. The Morgan fingerprint density at radius 2 is 2.14 bits per heavy atom. The SMILES string of the molecule is CC(N)c1ccc(OCc2cccc(C#N)c2F)c(Cl)c1. The summed E-state index contributed by atoms with van der Waals surface area (Å²) in [5, 5.41) is 9.21. The first kappa shape index (κ1) is 15.3. The zero-order valence-electron chi connectivity index (χ0n) is 11.4. The number of nitriles is 1. The smallest absolute Gasteiger partial charge is 0.147 e. The molecule has 0 heterocycles. The summed E-state index contributed by atoms with van der Waals surface area (Å²) in [6.45, 7) is 1.85. The van der Waals surface area contributed by atoms with Gasteiger partial charge in [0, 0.05) is 11.6 Å². The minimum absolute atomic E-state index is 0.00139. The Morgan fingerprint density at radius 1 is 1.38 bits per heavy atom. The minimum Gasteiger partial charge on any atom is -0.487 e. The molecule has 5 heteroatoms. The van der Waals surface area contributed by atoms with Crippen molar-refractivity contribution in [2.45, 2.75) is 19.6 Å². The molecule has 0 bridgehead atoms. The first-order valence-corrected chi connectivity index (χ1v) is 6.76. The van der Waals surface area contributed by atoms with E-state index in [1.54, 1.807) is 30.3 Å². The fraction of sp³-hybridized carbons (Fsp3) is 0.188. The molecule has 2 aromatic rings. The Labute approximate surface area is 127 Å². The standard InChI is InChI=1S/C16H14ClFN2O/c1-10(20)11-5-6-15(14(17)7-11)21-9-13-4-2-3-12(8-19)16(13)18/h2-7,10H,9,20H2,1H3. The van der Waals surface area contributed by atoms with Gasteiger partial charge >= 0.3 is 0 Å². The Kier molecular flexibility index (Phi) is 4.79. The highest BCUT2D eigenvalue weighted by atomic mass is 35.5. The first-order valence-electron chi connectivity index (χ1n) is 6.38. The van der Waals surface area contributed by atoms with E-state index in [0.29, 0.717) is 16.3 Å². The van der Waals surface area contributed by atoms with Gasteiger partial charge in [0.2, 0.25) is 0 Å². The minimum atomic E-state index is -0.566. The van der Waals surface area contributed by atoms with Gasteiger partial charge in [-0.3, -0.25) is 0 Å². The van der Waals surface area contributed by atoms with Crippen molar-refractivity contribution in [3.8, 4) is 11.8 Å². The summed E-state index contributed by atoms with van der Waals surface area (Å²) in [6, 6.07) is 11.5. The van der Waals surface area contributed by atoms with Crippen LogP contribution < -0.4 is 10.5 Å². The van der Waals surface area contributed by atoms with Gasteiger partial charge in [-0.05, 0) is 30.7 Å². The summed E-state index contributed by atoms with van der Waals surface area (Å²) in [7, 11) is 0. The van der Waals surface area contributed by atoms with Gasteiger partial charge in [0.25, 0.3) is 0 Å². The van der Waals surface area contributed by atoms with Crippen LogP contribution in [0.15, 0.2) is 36.4 Å². The van der Waals surface area contributed by atoms with Crippen LogP contribution in [0.4, 0.5) is 4.39 Å². The number of hydrogen-bond donors (Lipinski definition) is 1. The molecule has 3 nitrogen and oxygen atoms in total. The van der Waals surface area contributed by atoms with E-state index in [0.717, 1.165) is 5.56 Å². The van der Waals surface area contributed by atoms with E-state index in [9.17, 15) is 4.39 Å². The molecule has 0 saturated heterocycles. The summed E-state index contributed by atoms with van der Waals surface area (Å²) in [4.78, 5) is 0. The lowest BCUT2D eigenvalue weighted by atomic mass is 10.1. The number of benzene rings is 2. The lowest BCUT2D eigenvalue weighted by Gasteiger charge is -2.12. The van der Waals surface area contributed by atoms with Crippen LogP contribution in [0.1, 0.15) is 29.7 Å². The van der Waals surface area contributed by atoms with E-state index >= 15 is 0 Å². The van der Waals surface area contributed by atoms with Crippen molar-refractivity contribution in [2.75, 3.05) is 0 Å². The number of hydrogen-bond acceptors (Lipinski definition) is 3. The lowest BCUT2D eigenvalue weighted by molar-refractivity contribution is 0.300. The normalized spacial score (nSPS) is 11.8. The maximum atomic E-state index is 13.9. The molecule has 2 N–H and O–H groups in total. The van der Waals surface area contributed by atoms with Crippen LogP contribution in [-0.4, -0.2) is 0 Å². The second-order valence-corrected chi connectivity index (χ2v) is 5.06. The van der Waals surface area contributed by atoms with Gasteiger partial charge in [-0.2, -0.15) is 5.26 Å². The van der Waals surface area contributed by atoms with Crippen molar-refractivity contribution >= 4 is 11.6 Å². The van der Waals surface area contributed by atoms with Crippen molar-refractivity contribution in [2.24, 2.45) is 5.73 Å². The fourth-order valence-electron chi connectivity index (χ4n) is 1.85. The first-order chi connectivity index (χ1) is 10.0. The predicted octanol–water partition coefficient (Wildman–Crippen LogP) is 3.95. The highest BCUT2D eigenvalue weighted by molar-refractivity contribution is 6.32. The highest BCUT2D eigenvalue weighted by Crippen LogP contribution is 2.28. The van der Waals surface area contributed by atoms with Crippen molar-refractivity contribution in [3.05, 3.63) is 63.9 Å². The average molecular weight is 305 g/mol. The largest absolute Gasteiger partial charge is 0.487 e. The summed E-state index contributed by atoms with van der Waals surface area (Å²) >= 11 is 6.11. The molecule has 0 aliphatic heterocycles. The summed E-state index contributed by atoms with van der Waals surface area (Å²) in [5.41, 5.74) is 6.97. The Hall–Kier alpha value is -2.09. The van der Waals surface area contributed by atoms with E-state index in [1.165, 1.54) is 6.07 Å². The van der Waals surface area contributed by atoms with Crippen LogP contribution in [0.2, 0.25) is 5.02 Å². The maximum Gasteiger partial charge on any atom is 0.147 e. The van der Waals surface area contributed by atoms with Crippen LogP contribution >= 0.6 is 11.6 Å². The van der Waals surface area contributed by atoms with Gasteiger partial charge in [0.05, 0.1) is 10.6 Å². The van der Waals surface area contributed by atoms with E-state index in [2.05, 4.69) is 0 Å². The molecule has 0 aromatic heterocycles. The molecule has 2 aromatic carbocycles. The second-order valence-electron chi connectivity index (χ2n) is 4.66. The maximum absolute atomic E-state index is 13.9. The quantitative estimate of drug-likeness (QED) is 0.930. The molecule has 0 saturated carbocycles. The van der Waals surface area contributed by atoms with Gasteiger partial charge in [0.15, 0.2) is 0 Å². The van der Waals surface area contributed by atoms with E-state index in [4.69, 9.17) is 27.3 Å². The summed E-state index contributed by atoms with van der Waals surface area (Å²) in [5.74, 6) is -0.119. The molecular weight excluding hydrogens is 291 g/mol. The third-order valence-corrected chi connectivity index (χ3v) is 3.36. The van der Waals surface area contributed by atoms with Crippen molar-refractivity contribution in [1.29, 1.82) is 5.26 Å². The van der Waals surface area contributed by atoms with Crippen LogP contribution in [0.3, 0.4) is 0 Å². The number of ether oxygens (including phenoxy) is 1. The van der Waals surface area contributed by atoms with E-state index in [-0.39, 0.29) is 18.2 Å². The highest BCUT2D eigenvalue weighted by Gasteiger charge is 2.10. The van der Waals surface area contributed by atoms with Crippen molar-refractivity contribution in [3.63, 3.8) is 0 Å². The Bertz CT molecular complexity index is 695. The number of nitrogens with two attached hydrogens (primary N) is 1. The molecule has 0 fully saturated rings. The summed E-state index contributed by atoms with van der Waals surface area (Å²) < 4.78 is 19.4. The second kappa shape index (κ2) is 6.57. The predicted molar refractivity (Wildman–Crippen MR) is 79.5 cm³/mol. The number of nitrogens with zero attached hydrogens (tertiary/aromatic N) is 1. The molecule has 0 amide bonds. The van der Waals surface area contributed by atoms with Crippen LogP contribution in [-0.2, 0) is 6.61 Å². The molecule has 1 unspecified atom stereocenters. The van der Waals surface area contributed by atoms with Gasteiger partial charge < -0.3 is 10.5 Å². The van der Waals surface area contributed by atoms with Gasteiger partial charge in [-0.25, -0.2) is 4.39 Å². The lowest BCUT2D eigenvalue weighted by Crippen LogP contribution is -2.05. The zero-order chi connectivity index (χ0) is 15.4. The molecule has 108 valence electrons. The van der Waals surface area contributed by atoms with Crippen molar-refractivity contribution in [1.82, 2.24) is 0 Å². The molecule has 0 aliphatic carbocycles. The van der Waals surface area contributed by atoms with Crippen molar-refractivity contribution < 1.29 is 9.13 Å². The van der Waals surface area contributed by atoms with E-state index < -0.39 is 5.82 Å². The topological polar surface area (TPSA) is 59.0 Å². The average Bonchev–Trinajstić information content (AvgIpc) is 2.47. The van der Waals surface area contributed by atoms with Crippen LogP contribution in [0, 0.1) is 17.1 Å². The molecule has 1 atom stereocenters. The molecule has 0 radical (unpaired) electrons. The third-order valence-electron chi connectivity index (χ3n) is 3.06. The van der Waals surface area contributed by atoms with Crippen LogP contribution in [0.25, 0.3) is 0 Å². The van der Waals surface area contributed by atoms with Crippen LogP contribution in [0.5, 0.6) is 5.75 Å². The van der Waals surface area contributed by atoms with Gasteiger partial charge in [-0.1, -0.05) is 29.8 Å². The number of halogens is 2. The molecular formula is C16H14ClFN2O. The van der Waals surface area contributed by atoms with Gasteiger partial charge in [-0.15, -0.1) is 0 Å².